The summed E-state index contributed by atoms with van der Waals surface area (Å²) in [7, 11) is 0. The van der Waals surface area contributed by atoms with Gasteiger partial charge in [0.1, 0.15) is 5.75 Å². The minimum atomic E-state index is -0.625. The van der Waals surface area contributed by atoms with Crippen molar-refractivity contribution in [1.82, 2.24) is 9.97 Å². The van der Waals surface area contributed by atoms with Gasteiger partial charge < -0.3 is 15.5 Å². The molecular weight excluding hydrogens is 469 g/mol. The molecule has 0 amide bonds. The third-order valence-corrected chi connectivity index (χ3v) is 4.83. The van der Waals surface area contributed by atoms with Crippen molar-refractivity contribution in [2.45, 2.75) is 12.8 Å². The van der Waals surface area contributed by atoms with E-state index >= 15 is 0 Å². The van der Waals surface area contributed by atoms with Crippen molar-refractivity contribution in [3.05, 3.63) is 57.9 Å². The number of aromatic hydroxyl groups is 2. The molecule has 26 heavy (non-hydrogen) atoms. The van der Waals surface area contributed by atoms with Gasteiger partial charge in [-0.05, 0) is 64.2 Å². The number of aromatic nitrogens is 2. The molecule has 1 aliphatic carbocycles. The van der Waals surface area contributed by atoms with Gasteiger partial charge in [-0.25, -0.2) is 14.4 Å². The van der Waals surface area contributed by atoms with Crippen LogP contribution in [0.2, 0.25) is 0 Å². The highest BCUT2D eigenvalue weighted by Crippen LogP contribution is 2.36. The van der Waals surface area contributed by atoms with Crippen LogP contribution < -0.4 is 5.32 Å². The average Bonchev–Trinajstić information content (AvgIpc) is 2.59. The molecule has 0 aliphatic heterocycles. The van der Waals surface area contributed by atoms with Crippen LogP contribution >= 0.6 is 32.9 Å². The van der Waals surface area contributed by atoms with Crippen LogP contribution in [0.15, 0.2) is 41.0 Å². The Morgan fingerprint density at radius 2 is 1.81 bits per heavy atom. The van der Waals surface area contributed by atoms with Gasteiger partial charge in [0.25, 0.3) is 0 Å². The van der Waals surface area contributed by atoms with Crippen molar-refractivity contribution < 1.29 is 14.6 Å². The molecule has 0 saturated carbocycles. The molecule has 0 atom stereocenters. The average molecular weight is 483 g/mol. The summed E-state index contributed by atoms with van der Waals surface area (Å²) < 4.78 is 14.2. The van der Waals surface area contributed by atoms with E-state index in [1.807, 2.05) is 0 Å². The Hall–Kier alpha value is -2.19. The molecule has 5 nitrogen and oxygen atoms in total. The van der Waals surface area contributed by atoms with Gasteiger partial charge in [0, 0.05) is 23.5 Å². The number of aryl methyl sites for hydroxylation is 2. The normalized spacial score (nSPS) is 11.9. The molecule has 1 aliphatic rings. The second-order valence-corrected chi connectivity index (χ2v) is 6.67. The SMILES string of the molecule is Br.Oc1cc2c(cc1F)CCc1cnc(Nc3ccc(Br)c(O)c3)nc1-2. The highest BCUT2D eigenvalue weighted by atomic mass is 79.9. The van der Waals surface area contributed by atoms with E-state index in [9.17, 15) is 14.6 Å². The Labute approximate surface area is 167 Å². The predicted octanol–water partition coefficient (Wildman–Crippen LogP) is 4.88. The van der Waals surface area contributed by atoms with Gasteiger partial charge in [-0.2, -0.15) is 0 Å². The molecule has 1 aromatic heterocycles. The van der Waals surface area contributed by atoms with Crippen molar-refractivity contribution >= 4 is 44.5 Å². The van der Waals surface area contributed by atoms with Crippen LogP contribution in [0, 0.1) is 5.82 Å². The molecule has 0 saturated heterocycles. The molecule has 0 radical (unpaired) electrons. The summed E-state index contributed by atoms with van der Waals surface area (Å²) in [5.41, 5.74) is 3.79. The zero-order valence-electron chi connectivity index (χ0n) is 13.3. The summed E-state index contributed by atoms with van der Waals surface area (Å²) in [6.45, 7) is 0. The molecule has 134 valence electrons. The Morgan fingerprint density at radius 3 is 2.58 bits per heavy atom. The molecule has 0 unspecified atom stereocenters. The van der Waals surface area contributed by atoms with E-state index in [0.29, 0.717) is 40.2 Å². The smallest absolute Gasteiger partial charge is 0.227 e. The van der Waals surface area contributed by atoms with Gasteiger partial charge in [0.15, 0.2) is 11.6 Å². The number of hydrogen-bond acceptors (Lipinski definition) is 5. The van der Waals surface area contributed by atoms with Crippen molar-refractivity contribution in [3.63, 3.8) is 0 Å². The lowest BCUT2D eigenvalue weighted by atomic mass is 9.89. The van der Waals surface area contributed by atoms with E-state index in [4.69, 9.17) is 0 Å². The van der Waals surface area contributed by atoms with E-state index in [1.54, 1.807) is 24.4 Å². The zero-order chi connectivity index (χ0) is 17.6. The fourth-order valence-electron chi connectivity index (χ4n) is 2.90. The summed E-state index contributed by atoms with van der Waals surface area (Å²) in [6, 6.07) is 7.82. The Balaban J connectivity index is 0.00000196. The number of anilines is 2. The van der Waals surface area contributed by atoms with Gasteiger partial charge >= 0.3 is 0 Å². The van der Waals surface area contributed by atoms with Crippen molar-refractivity contribution in [2.75, 3.05) is 5.32 Å². The lowest BCUT2D eigenvalue weighted by Gasteiger charge is -2.19. The highest BCUT2D eigenvalue weighted by Gasteiger charge is 2.21. The number of nitrogens with one attached hydrogen (secondary N) is 1. The largest absolute Gasteiger partial charge is 0.507 e. The first-order valence-corrected chi connectivity index (χ1v) is 8.44. The van der Waals surface area contributed by atoms with Crippen molar-refractivity contribution in [2.24, 2.45) is 0 Å². The molecule has 8 heteroatoms. The van der Waals surface area contributed by atoms with E-state index in [2.05, 4.69) is 31.2 Å². The second kappa shape index (κ2) is 7.20. The van der Waals surface area contributed by atoms with Crippen LogP contribution in [-0.2, 0) is 12.8 Å². The first-order valence-electron chi connectivity index (χ1n) is 7.64. The maximum absolute atomic E-state index is 13.6. The summed E-state index contributed by atoms with van der Waals surface area (Å²) in [5.74, 6) is -0.552. The number of phenolic OH excluding ortho intramolecular Hbond substituents is 2. The predicted molar refractivity (Wildman–Crippen MR) is 106 cm³/mol. The van der Waals surface area contributed by atoms with Crippen LogP contribution in [0.3, 0.4) is 0 Å². The van der Waals surface area contributed by atoms with E-state index in [0.717, 1.165) is 11.1 Å². The molecule has 3 aromatic rings. The number of nitrogens with zero attached hydrogens (tertiary/aromatic N) is 2. The highest BCUT2D eigenvalue weighted by molar-refractivity contribution is 9.10. The molecule has 3 N–H and O–H groups in total. The van der Waals surface area contributed by atoms with Crippen LogP contribution in [0.25, 0.3) is 11.3 Å². The fourth-order valence-corrected chi connectivity index (χ4v) is 3.15. The molecule has 0 fully saturated rings. The third kappa shape index (κ3) is 3.39. The second-order valence-electron chi connectivity index (χ2n) is 5.82. The summed E-state index contributed by atoms with van der Waals surface area (Å²) >= 11 is 3.23. The van der Waals surface area contributed by atoms with E-state index < -0.39 is 11.6 Å². The van der Waals surface area contributed by atoms with Crippen molar-refractivity contribution in [3.8, 4) is 22.8 Å². The third-order valence-electron chi connectivity index (χ3n) is 4.16. The standard InChI is InChI=1S/C18H13BrFN3O2.BrH/c19-13-4-3-11(6-15(13)24)22-18-21-8-10-2-1-9-5-14(20)16(25)7-12(9)17(10)23-18;/h3-8,24-25H,1-2H2,(H,21,22,23);1H. The van der Waals surface area contributed by atoms with Gasteiger partial charge in [0.05, 0.1) is 10.2 Å². The Morgan fingerprint density at radius 1 is 1.04 bits per heavy atom. The Kier molecular flexibility index (Phi) is 5.15. The molecular formula is C18H14Br2FN3O2. The van der Waals surface area contributed by atoms with Gasteiger partial charge in [-0.15, -0.1) is 17.0 Å². The topological polar surface area (TPSA) is 78.3 Å². The molecule has 4 rings (SSSR count). The maximum atomic E-state index is 13.6. The number of rotatable bonds is 2. The molecule has 2 aromatic carbocycles. The number of benzene rings is 2. The number of fused-ring (bicyclic) bond motifs is 3. The van der Waals surface area contributed by atoms with Gasteiger partial charge in [0.2, 0.25) is 5.95 Å². The maximum Gasteiger partial charge on any atom is 0.227 e. The summed E-state index contributed by atoms with van der Waals surface area (Å²) in [4.78, 5) is 8.82. The van der Waals surface area contributed by atoms with Crippen LogP contribution in [0.5, 0.6) is 11.5 Å². The van der Waals surface area contributed by atoms with Crippen LogP contribution in [-0.4, -0.2) is 20.2 Å². The van der Waals surface area contributed by atoms with Crippen LogP contribution in [0.4, 0.5) is 16.0 Å². The summed E-state index contributed by atoms with van der Waals surface area (Å²) in [6.07, 6.45) is 3.12. The number of phenols is 2. The quantitative estimate of drug-likeness (QED) is 0.485. The van der Waals surface area contributed by atoms with Crippen LogP contribution in [0.1, 0.15) is 11.1 Å². The first-order chi connectivity index (χ1) is 12.0. The number of halogens is 3. The van der Waals surface area contributed by atoms with Gasteiger partial charge in [-0.3, -0.25) is 0 Å². The lowest BCUT2D eigenvalue weighted by molar-refractivity contribution is 0.432. The lowest BCUT2D eigenvalue weighted by Crippen LogP contribution is -2.09. The van der Waals surface area contributed by atoms with Crippen molar-refractivity contribution in [1.29, 1.82) is 0 Å². The van der Waals surface area contributed by atoms with E-state index in [-0.39, 0.29) is 22.7 Å². The Bertz CT molecular complexity index is 998. The minimum Gasteiger partial charge on any atom is -0.507 e. The zero-order valence-corrected chi connectivity index (χ0v) is 16.6. The number of hydrogen-bond donors (Lipinski definition) is 3. The summed E-state index contributed by atoms with van der Waals surface area (Å²) in [5, 5.41) is 22.5. The minimum absolute atomic E-state index is 0. The molecule has 0 bridgehead atoms. The first kappa shape index (κ1) is 18.6. The molecule has 0 spiro atoms. The monoisotopic (exact) mass is 481 g/mol. The van der Waals surface area contributed by atoms with Gasteiger partial charge in [-0.1, -0.05) is 0 Å². The molecule has 1 heterocycles. The van der Waals surface area contributed by atoms with E-state index in [1.165, 1.54) is 12.1 Å². The fraction of sp³-hybridized carbons (Fsp3) is 0.111.